The Balaban J connectivity index is 1.69. The fourth-order valence-electron chi connectivity index (χ4n) is 2.87. The van der Waals surface area contributed by atoms with Gasteiger partial charge in [-0.2, -0.15) is 0 Å². The van der Waals surface area contributed by atoms with Crippen molar-refractivity contribution in [2.45, 2.75) is 18.9 Å². The van der Waals surface area contributed by atoms with Crippen LogP contribution in [0.4, 0.5) is 5.69 Å². The first kappa shape index (κ1) is 18.4. The van der Waals surface area contributed by atoms with Crippen LogP contribution < -0.4 is 10.6 Å². The molecule has 0 saturated carbocycles. The van der Waals surface area contributed by atoms with Gasteiger partial charge in [-0.25, -0.2) is 4.79 Å². The summed E-state index contributed by atoms with van der Waals surface area (Å²) in [5.74, 6) is -0.417. The molecule has 2 N–H and O–H groups in total. The molecule has 1 saturated heterocycles. The lowest BCUT2D eigenvalue weighted by atomic mass is 10.1. The lowest BCUT2D eigenvalue weighted by molar-refractivity contribution is 0.0606. The molecule has 2 aromatic rings. The third kappa shape index (κ3) is 4.23. The van der Waals surface area contributed by atoms with Crippen LogP contribution in [0.3, 0.4) is 0 Å². The quantitative estimate of drug-likeness (QED) is 0.608. The lowest BCUT2D eigenvalue weighted by Crippen LogP contribution is -2.44. The highest BCUT2D eigenvalue weighted by Crippen LogP contribution is 2.37. The Bertz CT molecular complexity index is 801. The van der Waals surface area contributed by atoms with Crippen molar-refractivity contribution in [2.24, 2.45) is 0 Å². The third-order valence-corrected chi connectivity index (χ3v) is 6.17. The summed E-state index contributed by atoms with van der Waals surface area (Å²) >= 11 is 13.0. The topological polar surface area (TPSA) is 53.6 Å². The molecular weight excluding hydrogens is 378 g/mol. The van der Waals surface area contributed by atoms with E-state index in [1.54, 1.807) is 0 Å². The van der Waals surface area contributed by atoms with Crippen molar-refractivity contribution in [3.8, 4) is 0 Å². The number of likely N-dealkylation sites (tertiary alicyclic amines) is 1. The Kier molecular flexibility index (Phi) is 5.78. The predicted molar refractivity (Wildman–Crippen MR) is 108 cm³/mol. The zero-order valence-corrected chi connectivity index (χ0v) is 16.5. The molecule has 1 aromatic heterocycles. The fraction of sp³-hybridized carbons (Fsp3) is 0.412. The van der Waals surface area contributed by atoms with Crippen LogP contribution in [-0.2, 0) is 4.74 Å². The maximum atomic E-state index is 11.8. The standard InChI is InChI=1S/C17H20ClN3O2S2/c1-21-7-5-10(6-8-21)19-17(24)20-11-3-4-12-13(9-11)25-15(14(12)18)16(22)23-2/h3-4,9-10H,5-8H2,1-2H3,(H2,19,20,24). The zero-order valence-electron chi connectivity index (χ0n) is 14.1. The molecule has 25 heavy (non-hydrogen) atoms. The summed E-state index contributed by atoms with van der Waals surface area (Å²) < 4.78 is 5.69. The molecule has 134 valence electrons. The second-order valence-electron chi connectivity index (χ2n) is 6.12. The largest absolute Gasteiger partial charge is 0.465 e. The van der Waals surface area contributed by atoms with Gasteiger partial charge in [-0.1, -0.05) is 11.6 Å². The van der Waals surface area contributed by atoms with Crippen LogP contribution in [0.5, 0.6) is 0 Å². The van der Waals surface area contributed by atoms with E-state index in [-0.39, 0.29) is 0 Å². The molecule has 2 heterocycles. The van der Waals surface area contributed by atoms with Crippen LogP contribution in [0.25, 0.3) is 10.1 Å². The highest BCUT2D eigenvalue weighted by molar-refractivity contribution is 7.80. The molecular formula is C17H20ClN3O2S2. The number of hydrogen-bond donors (Lipinski definition) is 2. The van der Waals surface area contributed by atoms with Crippen molar-refractivity contribution in [3.05, 3.63) is 28.1 Å². The highest BCUT2D eigenvalue weighted by atomic mass is 35.5. The third-order valence-electron chi connectivity index (χ3n) is 4.31. The summed E-state index contributed by atoms with van der Waals surface area (Å²) in [4.78, 5) is 14.5. The Morgan fingerprint density at radius 1 is 1.40 bits per heavy atom. The molecule has 3 rings (SSSR count). The van der Waals surface area contributed by atoms with Crippen LogP contribution in [-0.4, -0.2) is 49.3 Å². The molecule has 0 amide bonds. The minimum absolute atomic E-state index is 0.405. The van der Waals surface area contributed by atoms with E-state index in [0.717, 1.165) is 41.7 Å². The number of halogens is 1. The summed E-state index contributed by atoms with van der Waals surface area (Å²) in [6, 6.07) is 6.15. The molecule has 5 nitrogen and oxygen atoms in total. The Hall–Kier alpha value is -1.41. The predicted octanol–water partition coefficient (Wildman–Crippen LogP) is 3.72. The number of carbonyl (C=O) groups is 1. The number of fused-ring (bicyclic) bond motifs is 1. The van der Waals surface area contributed by atoms with E-state index in [1.807, 2.05) is 18.2 Å². The number of thiocarbonyl (C=S) groups is 1. The number of ether oxygens (including phenoxy) is 1. The first-order valence-corrected chi connectivity index (χ1v) is 9.64. The van der Waals surface area contributed by atoms with Crippen LogP contribution >= 0.6 is 35.2 Å². The molecule has 0 spiro atoms. The van der Waals surface area contributed by atoms with Crippen molar-refractivity contribution in [1.82, 2.24) is 10.2 Å². The number of thiophene rings is 1. The van der Waals surface area contributed by atoms with Gasteiger partial charge in [0.15, 0.2) is 5.11 Å². The van der Waals surface area contributed by atoms with Gasteiger partial charge in [-0.3, -0.25) is 0 Å². The van der Waals surface area contributed by atoms with Crippen molar-refractivity contribution in [2.75, 3.05) is 32.6 Å². The number of nitrogens with one attached hydrogen (secondary N) is 2. The van der Waals surface area contributed by atoms with E-state index in [4.69, 9.17) is 28.6 Å². The number of methoxy groups -OCH3 is 1. The van der Waals surface area contributed by atoms with E-state index in [2.05, 4.69) is 22.6 Å². The molecule has 8 heteroatoms. The molecule has 0 unspecified atom stereocenters. The molecule has 1 aromatic carbocycles. The molecule has 1 fully saturated rings. The van der Waals surface area contributed by atoms with E-state index in [9.17, 15) is 4.79 Å². The van der Waals surface area contributed by atoms with Crippen LogP contribution in [0, 0.1) is 0 Å². The second-order valence-corrected chi connectivity index (χ2v) is 7.96. The van der Waals surface area contributed by atoms with Crippen LogP contribution in [0.1, 0.15) is 22.5 Å². The summed E-state index contributed by atoms with van der Waals surface area (Å²) in [5.41, 5.74) is 0.868. The average Bonchev–Trinajstić information content (AvgIpc) is 2.92. The smallest absolute Gasteiger partial charge is 0.349 e. The number of anilines is 1. The van der Waals surface area contributed by atoms with E-state index >= 15 is 0 Å². The zero-order chi connectivity index (χ0) is 18.0. The maximum absolute atomic E-state index is 11.8. The van der Waals surface area contributed by atoms with Gasteiger partial charge in [0.25, 0.3) is 0 Å². The highest BCUT2D eigenvalue weighted by Gasteiger charge is 2.19. The maximum Gasteiger partial charge on any atom is 0.349 e. The Labute approximate surface area is 161 Å². The molecule has 0 radical (unpaired) electrons. The van der Waals surface area contributed by atoms with Gasteiger partial charge < -0.3 is 20.3 Å². The number of rotatable bonds is 3. The average molecular weight is 398 g/mol. The van der Waals surface area contributed by atoms with Gasteiger partial charge in [0.2, 0.25) is 0 Å². The van der Waals surface area contributed by atoms with E-state index < -0.39 is 5.97 Å². The molecule has 0 atom stereocenters. The van der Waals surface area contributed by atoms with Gasteiger partial charge in [-0.05, 0) is 63.4 Å². The van der Waals surface area contributed by atoms with Gasteiger partial charge >= 0.3 is 5.97 Å². The fourth-order valence-corrected chi connectivity index (χ4v) is 4.62. The number of carbonyl (C=O) groups excluding carboxylic acids is 1. The number of hydrogen-bond acceptors (Lipinski definition) is 5. The van der Waals surface area contributed by atoms with Gasteiger partial charge in [0.05, 0.1) is 12.1 Å². The van der Waals surface area contributed by atoms with Gasteiger partial charge in [0, 0.05) is 21.8 Å². The number of nitrogens with zero attached hydrogens (tertiary/aromatic N) is 1. The van der Waals surface area contributed by atoms with E-state index in [0.29, 0.717) is 21.1 Å². The Morgan fingerprint density at radius 2 is 2.12 bits per heavy atom. The first-order valence-electron chi connectivity index (χ1n) is 8.04. The normalized spacial score (nSPS) is 16.0. The van der Waals surface area contributed by atoms with E-state index in [1.165, 1.54) is 18.4 Å². The van der Waals surface area contributed by atoms with Crippen molar-refractivity contribution in [3.63, 3.8) is 0 Å². The lowest BCUT2D eigenvalue weighted by Gasteiger charge is -2.30. The van der Waals surface area contributed by atoms with Crippen LogP contribution in [0.15, 0.2) is 18.2 Å². The number of piperidine rings is 1. The molecule has 0 aliphatic carbocycles. The first-order chi connectivity index (χ1) is 12.0. The monoisotopic (exact) mass is 397 g/mol. The second kappa shape index (κ2) is 7.86. The minimum atomic E-state index is -0.417. The van der Waals surface area contributed by atoms with Gasteiger partial charge in [-0.15, -0.1) is 11.3 Å². The Morgan fingerprint density at radius 3 is 2.80 bits per heavy atom. The summed E-state index contributed by atoms with van der Waals surface area (Å²) in [5, 5.41) is 8.49. The SMILES string of the molecule is COC(=O)c1sc2cc(NC(=S)NC3CCN(C)CC3)ccc2c1Cl. The molecule has 1 aliphatic rings. The number of esters is 1. The minimum Gasteiger partial charge on any atom is -0.465 e. The van der Waals surface area contributed by atoms with Crippen LogP contribution in [0.2, 0.25) is 5.02 Å². The molecule has 0 bridgehead atoms. The molecule has 1 aliphatic heterocycles. The van der Waals surface area contributed by atoms with Gasteiger partial charge in [0.1, 0.15) is 4.88 Å². The summed E-state index contributed by atoms with van der Waals surface area (Å²) in [7, 11) is 3.49. The summed E-state index contributed by atoms with van der Waals surface area (Å²) in [6.07, 6.45) is 2.17. The number of benzene rings is 1. The van der Waals surface area contributed by atoms with Crippen molar-refractivity contribution < 1.29 is 9.53 Å². The summed E-state index contributed by atoms with van der Waals surface area (Å²) in [6.45, 7) is 2.16. The van der Waals surface area contributed by atoms with Crippen molar-refractivity contribution in [1.29, 1.82) is 0 Å². The van der Waals surface area contributed by atoms with Crippen molar-refractivity contribution >= 4 is 62.0 Å².